The molecule has 1 rings (SSSR count). The molecule has 0 aromatic heterocycles. The van der Waals surface area contributed by atoms with E-state index >= 15 is 0 Å². The fourth-order valence-corrected chi connectivity index (χ4v) is 2.56. The van der Waals surface area contributed by atoms with Crippen molar-refractivity contribution >= 4 is 5.91 Å². The van der Waals surface area contributed by atoms with Crippen LogP contribution in [0.25, 0.3) is 0 Å². The van der Waals surface area contributed by atoms with Crippen LogP contribution in [0.2, 0.25) is 0 Å². The normalized spacial score (nSPS) is 20.1. The predicted molar refractivity (Wildman–Crippen MR) is 111 cm³/mol. The van der Waals surface area contributed by atoms with Crippen molar-refractivity contribution in [3.05, 3.63) is 48.6 Å². The van der Waals surface area contributed by atoms with Crippen molar-refractivity contribution < 1.29 is 9.90 Å². The van der Waals surface area contributed by atoms with Crippen LogP contribution in [0, 0.1) is 0 Å². The molecule has 1 aliphatic rings. The van der Waals surface area contributed by atoms with Crippen molar-refractivity contribution in [3.8, 4) is 0 Å². The molecule has 1 saturated carbocycles. The zero-order valence-corrected chi connectivity index (χ0v) is 16.4. The van der Waals surface area contributed by atoms with Crippen LogP contribution < -0.4 is 5.32 Å². The summed E-state index contributed by atoms with van der Waals surface area (Å²) >= 11 is 0. The molecule has 0 saturated heterocycles. The second-order valence-electron chi connectivity index (χ2n) is 6.96. The molecule has 2 atom stereocenters. The summed E-state index contributed by atoms with van der Waals surface area (Å²) in [6.45, 7) is 2.24. The summed E-state index contributed by atoms with van der Waals surface area (Å²) in [5, 5.41) is 12.0. The quantitative estimate of drug-likeness (QED) is 0.304. The Morgan fingerprint density at radius 1 is 0.885 bits per heavy atom. The van der Waals surface area contributed by atoms with E-state index in [2.05, 4.69) is 60.8 Å². The highest BCUT2D eigenvalue weighted by molar-refractivity contribution is 5.76. The monoisotopic (exact) mass is 359 g/mol. The maximum Gasteiger partial charge on any atom is 0.220 e. The van der Waals surface area contributed by atoms with Gasteiger partial charge >= 0.3 is 0 Å². The highest BCUT2D eigenvalue weighted by Crippen LogP contribution is 2.20. The van der Waals surface area contributed by atoms with Crippen molar-refractivity contribution in [3.63, 3.8) is 0 Å². The van der Waals surface area contributed by atoms with Gasteiger partial charge in [0.05, 0.1) is 12.1 Å². The maximum atomic E-state index is 11.5. The number of hydrogen-bond donors (Lipinski definition) is 2. The molecule has 0 aromatic rings. The minimum atomic E-state index is -0.313. The van der Waals surface area contributed by atoms with Crippen molar-refractivity contribution in [2.24, 2.45) is 0 Å². The van der Waals surface area contributed by atoms with Gasteiger partial charge in [0.1, 0.15) is 0 Å². The van der Waals surface area contributed by atoms with E-state index in [9.17, 15) is 4.79 Å². The Labute approximate surface area is 160 Å². The fraction of sp³-hybridized carbons (Fsp3) is 0.609. The van der Waals surface area contributed by atoms with Crippen LogP contribution in [0.4, 0.5) is 0 Å². The lowest BCUT2D eigenvalue weighted by atomic mass is 10.2. The summed E-state index contributed by atoms with van der Waals surface area (Å²) in [5.41, 5.74) is 0. The Morgan fingerprint density at radius 2 is 1.38 bits per heavy atom. The topological polar surface area (TPSA) is 49.3 Å². The van der Waals surface area contributed by atoms with E-state index in [1.54, 1.807) is 0 Å². The number of aliphatic hydroxyl groups excluding tert-OH is 1. The number of aliphatic hydroxyl groups is 1. The van der Waals surface area contributed by atoms with E-state index in [0.717, 1.165) is 32.1 Å². The van der Waals surface area contributed by atoms with Crippen LogP contribution in [0.15, 0.2) is 48.6 Å². The molecule has 1 amide bonds. The van der Waals surface area contributed by atoms with E-state index in [1.807, 2.05) is 0 Å². The number of amides is 1. The van der Waals surface area contributed by atoms with E-state index < -0.39 is 0 Å². The summed E-state index contributed by atoms with van der Waals surface area (Å²) in [5.74, 6) is 0.0578. The van der Waals surface area contributed by atoms with Crippen molar-refractivity contribution in [2.45, 2.75) is 89.7 Å². The summed E-state index contributed by atoms with van der Waals surface area (Å²) < 4.78 is 0. The summed E-state index contributed by atoms with van der Waals surface area (Å²) in [6, 6.07) is 0.0130. The molecule has 0 aliphatic heterocycles. The van der Waals surface area contributed by atoms with Gasteiger partial charge in [-0.05, 0) is 51.4 Å². The van der Waals surface area contributed by atoms with Crippen molar-refractivity contribution in [1.82, 2.24) is 5.32 Å². The molecular formula is C23H37NO2. The molecule has 26 heavy (non-hydrogen) atoms. The standard InChI is InChI=1S/C23H37NO2/c1-2-3-4-5-6-7-8-9-10-11-12-13-14-15-16-17-18-19-23(26)24-21-20-22(21)25/h6-7,9-10,12-13,15-16,21-22,25H,2-5,8,11,14,17-20H2,1H3,(H,24,26)/b7-6-,10-9-,13-12-,16-15-/t21-,22-/m0/s1. The molecule has 1 aliphatic carbocycles. The number of carbonyl (C=O) groups excluding carboxylic acids is 1. The molecule has 0 heterocycles. The Hall–Kier alpha value is -1.61. The summed E-state index contributed by atoms with van der Waals surface area (Å²) in [7, 11) is 0. The lowest BCUT2D eigenvalue weighted by molar-refractivity contribution is -0.121. The molecule has 0 unspecified atom stereocenters. The smallest absolute Gasteiger partial charge is 0.220 e. The van der Waals surface area contributed by atoms with Gasteiger partial charge in [0.2, 0.25) is 5.91 Å². The predicted octanol–water partition coefficient (Wildman–Crippen LogP) is 5.38. The first-order valence-corrected chi connectivity index (χ1v) is 10.3. The van der Waals surface area contributed by atoms with Crippen LogP contribution in [0.3, 0.4) is 0 Å². The van der Waals surface area contributed by atoms with E-state index in [0.29, 0.717) is 12.8 Å². The third kappa shape index (κ3) is 13.7. The first kappa shape index (κ1) is 22.4. The van der Waals surface area contributed by atoms with E-state index in [1.165, 1.54) is 25.7 Å². The minimum absolute atomic E-state index is 0.0130. The average Bonchev–Trinajstić information content (AvgIpc) is 3.32. The second-order valence-corrected chi connectivity index (χ2v) is 6.96. The second kappa shape index (κ2) is 15.6. The van der Waals surface area contributed by atoms with Gasteiger partial charge in [0.15, 0.2) is 0 Å². The van der Waals surface area contributed by atoms with Gasteiger partial charge < -0.3 is 10.4 Å². The molecule has 0 aromatic carbocycles. The number of rotatable bonds is 15. The van der Waals surface area contributed by atoms with Gasteiger partial charge in [-0.1, -0.05) is 68.4 Å². The first-order chi connectivity index (χ1) is 12.7. The third-order valence-corrected chi connectivity index (χ3v) is 4.34. The molecule has 0 bridgehead atoms. The van der Waals surface area contributed by atoms with Crippen molar-refractivity contribution in [2.75, 3.05) is 0 Å². The Kier molecular flexibility index (Phi) is 13.5. The van der Waals surface area contributed by atoms with Crippen LogP contribution in [-0.2, 0) is 4.79 Å². The number of unbranched alkanes of at least 4 members (excludes halogenated alkanes) is 4. The molecule has 1 fully saturated rings. The van der Waals surface area contributed by atoms with Crippen LogP contribution in [-0.4, -0.2) is 23.2 Å². The largest absolute Gasteiger partial charge is 0.391 e. The highest BCUT2D eigenvalue weighted by Gasteiger charge is 2.36. The summed E-state index contributed by atoms with van der Waals surface area (Å²) in [4.78, 5) is 11.5. The maximum absolute atomic E-state index is 11.5. The van der Waals surface area contributed by atoms with Gasteiger partial charge in [-0.3, -0.25) is 4.79 Å². The molecule has 3 heteroatoms. The lowest BCUT2D eigenvalue weighted by Gasteiger charge is -2.01. The van der Waals surface area contributed by atoms with Crippen LogP contribution >= 0.6 is 0 Å². The van der Waals surface area contributed by atoms with Crippen molar-refractivity contribution in [1.29, 1.82) is 0 Å². The van der Waals surface area contributed by atoms with E-state index in [-0.39, 0.29) is 18.1 Å². The first-order valence-electron chi connectivity index (χ1n) is 10.3. The highest BCUT2D eigenvalue weighted by atomic mass is 16.3. The van der Waals surface area contributed by atoms with Crippen LogP contribution in [0.5, 0.6) is 0 Å². The molecule has 2 N–H and O–H groups in total. The number of carbonyl (C=O) groups is 1. The van der Waals surface area contributed by atoms with Gasteiger partial charge in [-0.25, -0.2) is 0 Å². The Morgan fingerprint density at radius 3 is 1.88 bits per heavy atom. The van der Waals surface area contributed by atoms with Gasteiger partial charge in [-0.2, -0.15) is 0 Å². The molecular weight excluding hydrogens is 322 g/mol. The molecule has 146 valence electrons. The molecule has 3 nitrogen and oxygen atoms in total. The zero-order chi connectivity index (χ0) is 18.9. The van der Waals surface area contributed by atoms with Crippen LogP contribution in [0.1, 0.15) is 77.6 Å². The third-order valence-electron chi connectivity index (χ3n) is 4.34. The number of nitrogens with one attached hydrogen (secondary N) is 1. The SMILES string of the molecule is CCCCC/C=C\C/C=C\C/C=C\C/C=C\CCCC(=O)N[C@H]1C[C@@H]1O. The minimum Gasteiger partial charge on any atom is -0.391 e. The fourth-order valence-electron chi connectivity index (χ4n) is 2.56. The number of hydrogen-bond acceptors (Lipinski definition) is 2. The number of allylic oxidation sites excluding steroid dienone is 8. The average molecular weight is 360 g/mol. The van der Waals surface area contributed by atoms with Gasteiger partial charge in [0, 0.05) is 6.42 Å². The lowest BCUT2D eigenvalue weighted by Crippen LogP contribution is -2.27. The zero-order valence-electron chi connectivity index (χ0n) is 16.4. The Bertz CT molecular complexity index is 477. The molecule has 0 spiro atoms. The van der Waals surface area contributed by atoms with Gasteiger partial charge in [-0.15, -0.1) is 0 Å². The van der Waals surface area contributed by atoms with E-state index in [4.69, 9.17) is 5.11 Å². The molecule has 0 radical (unpaired) electrons. The van der Waals surface area contributed by atoms with Gasteiger partial charge in [0.25, 0.3) is 0 Å². The Balaban J connectivity index is 1.88. The summed E-state index contributed by atoms with van der Waals surface area (Å²) in [6.07, 6.45) is 28.5.